The van der Waals surface area contributed by atoms with Gasteiger partial charge in [-0.1, -0.05) is 60.7 Å². The van der Waals surface area contributed by atoms with Crippen LogP contribution in [0.1, 0.15) is 55.5 Å². The molecule has 1 saturated heterocycles. The molecule has 0 saturated carbocycles. The summed E-state index contributed by atoms with van der Waals surface area (Å²) < 4.78 is 13.9. The highest BCUT2D eigenvalue weighted by Crippen LogP contribution is 2.31. The topological polar surface area (TPSA) is 107 Å². The lowest BCUT2D eigenvalue weighted by Crippen LogP contribution is -2.56. The molecule has 46 heavy (non-hydrogen) atoms. The zero-order chi connectivity index (χ0) is 32.5. The van der Waals surface area contributed by atoms with E-state index in [1.54, 1.807) is 6.20 Å². The van der Waals surface area contributed by atoms with E-state index in [0.717, 1.165) is 48.4 Å². The summed E-state index contributed by atoms with van der Waals surface area (Å²) in [6, 6.07) is 21.6. The molecule has 248 valence electrons. The predicted molar refractivity (Wildman–Crippen MR) is 182 cm³/mol. The maximum atomic E-state index is 13.9. The molecule has 2 aromatic carbocycles. The first-order valence-electron chi connectivity index (χ1n) is 16.3. The van der Waals surface area contributed by atoms with E-state index in [4.69, 9.17) is 4.84 Å². The monoisotopic (exact) mass is 647 g/mol. The molecule has 2 aliphatic rings. The van der Waals surface area contributed by atoms with Gasteiger partial charge in [0, 0.05) is 79.0 Å². The smallest absolute Gasteiger partial charge is 0.224 e. The van der Waals surface area contributed by atoms with Crippen LogP contribution in [-0.4, -0.2) is 85.6 Å². The second kappa shape index (κ2) is 16.2. The normalized spacial score (nSPS) is 21.9. The number of fused-ring (bicyclic) bond motifs is 1. The lowest BCUT2D eigenvalue weighted by molar-refractivity contribution is -0.126. The fourth-order valence-corrected chi connectivity index (χ4v) is 7.87. The number of aliphatic hydroxyl groups is 1. The summed E-state index contributed by atoms with van der Waals surface area (Å²) in [6.45, 7) is 9.78. The summed E-state index contributed by atoms with van der Waals surface area (Å²) in [5.41, 5.74) is 7.26. The van der Waals surface area contributed by atoms with Crippen molar-refractivity contribution in [3.05, 3.63) is 101 Å². The summed E-state index contributed by atoms with van der Waals surface area (Å²) in [5, 5.41) is 13.9. The average molecular weight is 648 g/mol. The number of amides is 1. The Bertz CT molecular complexity index is 1420. The molecule has 10 heteroatoms. The number of piperazine rings is 1. The van der Waals surface area contributed by atoms with Crippen LogP contribution in [0.25, 0.3) is 0 Å². The van der Waals surface area contributed by atoms with Crippen LogP contribution >= 0.6 is 0 Å². The number of nitrogens with zero attached hydrogens (tertiary/aromatic N) is 3. The van der Waals surface area contributed by atoms with E-state index in [-0.39, 0.29) is 23.2 Å². The van der Waals surface area contributed by atoms with Gasteiger partial charge >= 0.3 is 0 Å². The molecule has 9 nitrogen and oxygen atoms in total. The van der Waals surface area contributed by atoms with Crippen LogP contribution < -0.4 is 10.8 Å². The van der Waals surface area contributed by atoms with Crippen LogP contribution in [0.2, 0.25) is 0 Å². The van der Waals surface area contributed by atoms with Crippen molar-refractivity contribution in [2.75, 3.05) is 37.9 Å². The van der Waals surface area contributed by atoms with Crippen molar-refractivity contribution >= 4 is 16.7 Å². The molecule has 2 heterocycles. The number of pyridine rings is 1. The molecule has 0 spiro atoms. The van der Waals surface area contributed by atoms with Gasteiger partial charge in [0.05, 0.1) is 24.6 Å². The van der Waals surface area contributed by atoms with Crippen molar-refractivity contribution in [2.45, 2.75) is 70.3 Å². The molecule has 0 bridgehead atoms. The average Bonchev–Trinajstić information content (AvgIpc) is 3.35. The lowest BCUT2D eigenvalue weighted by Gasteiger charge is -2.41. The molecule has 1 aliphatic heterocycles. The zero-order valence-electron chi connectivity index (χ0n) is 27.3. The van der Waals surface area contributed by atoms with Crippen molar-refractivity contribution in [2.24, 2.45) is 5.92 Å². The van der Waals surface area contributed by atoms with Crippen molar-refractivity contribution in [3.63, 3.8) is 0 Å². The van der Waals surface area contributed by atoms with Crippen LogP contribution in [0.3, 0.4) is 0 Å². The van der Waals surface area contributed by atoms with Gasteiger partial charge in [0.1, 0.15) is 0 Å². The molecule has 3 N–H and O–H groups in total. The Kier molecular flexibility index (Phi) is 12.1. The van der Waals surface area contributed by atoms with E-state index in [9.17, 15) is 14.1 Å². The Morgan fingerprint density at radius 3 is 2.59 bits per heavy atom. The Morgan fingerprint density at radius 1 is 1.07 bits per heavy atom. The maximum Gasteiger partial charge on any atom is 0.224 e. The molecule has 1 aromatic heterocycles. The number of benzene rings is 2. The van der Waals surface area contributed by atoms with Gasteiger partial charge in [-0.3, -0.25) is 28.6 Å². The third-order valence-corrected chi connectivity index (χ3v) is 10.1. The third-order valence-electron chi connectivity index (χ3n) is 8.67. The van der Waals surface area contributed by atoms with Crippen LogP contribution in [0.15, 0.2) is 79.1 Å². The first-order chi connectivity index (χ1) is 22.1. The van der Waals surface area contributed by atoms with E-state index in [0.29, 0.717) is 31.7 Å². The van der Waals surface area contributed by atoms with Gasteiger partial charge in [0.25, 0.3) is 0 Å². The van der Waals surface area contributed by atoms with Gasteiger partial charge in [-0.2, -0.15) is 5.48 Å². The first kappa shape index (κ1) is 34.3. The molecule has 1 amide bonds. The number of carbonyl (C=O) groups is 1. The number of hydrogen-bond acceptors (Lipinski definition) is 8. The quantitative estimate of drug-likeness (QED) is 0.228. The third kappa shape index (κ3) is 10.0. The maximum absolute atomic E-state index is 13.9. The second-order valence-electron chi connectivity index (χ2n) is 13.6. The summed E-state index contributed by atoms with van der Waals surface area (Å²) in [7, 11) is -1.28. The van der Waals surface area contributed by atoms with Gasteiger partial charge in [-0.05, 0) is 61.9 Å². The molecule has 5 atom stereocenters. The van der Waals surface area contributed by atoms with Crippen molar-refractivity contribution < 1.29 is 18.9 Å². The van der Waals surface area contributed by atoms with E-state index >= 15 is 0 Å². The van der Waals surface area contributed by atoms with Gasteiger partial charge in [0.15, 0.2) is 0 Å². The van der Waals surface area contributed by atoms with Gasteiger partial charge in [-0.25, -0.2) is 0 Å². The Hall–Kier alpha value is -2.99. The summed E-state index contributed by atoms with van der Waals surface area (Å²) in [6.07, 6.45) is 4.81. The van der Waals surface area contributed by atoms with Crippen molar-refractivity contribution in [3.8, 4) is 0 Å². The molecule has 1 aliphatic carbocycles. The summed E-state index contributed by atoms with van der Waals surface area (Å²) >= 11 is 0. The number of aryl methyl sites for hydroxylation is 1. The van der Waals surface area contributed by atoms with E-state index in [2.05, 4.69) is 64.6 Å². The summed E-state index contributed by atoms with van der Waals surface area (Å²) in [4.78, 5) is 28.7. The standard InChI is InChI=1S/C36H49N5O4S/c1-36(2,3)39-45-24-31-23-40(22-28-12-9-17-37-21-28)18-19-41(31)26-46(44)25-30(16-15-27-10-5-4-6-11-27)35(43)38-34-32-14-8-7-13-29(32)20-33(34)42/h4-14,17,21,30-31,33-34,39,42H,15-16,18-20,22-26H2,1-3H3,(H,38,43)/t30-,31+,33-,34+,46?/m1/s1. The number of hydrogen-bond donors (Lipinski definition) is 3. The number of carbonyl (C=O) groups excluding carboxylic acids is 1. The van der Waals surface area contributed by atoms with Crippen LogP contribution in [0.4, 0.5) is 0 Å². The fourth-order valence-electron chi connectivity index (χ4n) is 6.29. The molecule has 3 aromatic rings. The molecule has 1 unspecified atom stereocenters. The minimum atomic E-state index is -1.28. The van der Waals surface area contributed by atoms with Crippen LogP contribution in [-0.2, 0) is 39.8 Å². The minimum absolute atomic E-state index is 0.0333. The van der Waals surface area contributed by atoms with Crippen molar-refractivity contribution in [1.29, 1.82) is 0 Å². The minimum Gasteiger partial charge on any atom is -0.390 e. The van der Waals surface area contributed by atoms with Crippen molar-refractivity contribution in [1.82, 2.24) is 25.6 Å². The van der Waals surface area contributed by atoms with E-state index < -0.39 is 28.9 Å². The predicted octanol–water partition coefficient (Wildman–Crippen LogP) is 3.62. The van der Waals surface area contributed by atoms with Crippen LogP contribution in [0.5, 0.6) is 0 Å². The van der Waals surface area contributed by atoms with Gasteiger partial charge in [0.2, 0.25) is 5.91 Å². The number of nitrogens with one attached hydrogen (secondary N) is 2. The number of hydroxylamine groups is 1. The fraction of sp³-hybridized carbons (Fsp3) is 0.500. The molecule has 0 radical (unpaired) electrons. The first-order valence-corrected chi connectivity index (χ1v) is 17.8. The number of rotatable bonds is 14. The number of aliphatic hydroxyl groups excluding tert-OH is 1. The van der Waals surface area contributed by atoms with Gasteiger partial charge in [-0.15, -0.1) is 0 Å². The summed E-state index contributed by atoms with van der Waals surface area (Å²) in [5.74, 6) is 0.0203. The Labute approximate surface area is 276 Å². The molecular formula is C36H49N5O4S. The molecular weight excluding hydrogens is 598 g/mol. The largest absolute Gasteiger partial charge is 0.390 e. The zero-order valence-corrected chi connectivity index (χ0v) is 28.1. The Morgan fingerprint density at radius 2 is 1.83 bits per heavy atom. The van der Waals surface area contributed by atoms with E-state index in [1.165, 1.54) is 0 Å². The molecule has 1 fully saturated rings. The SMILES string of the molecule is CC(C)(C)NOC[C@@H]1CN(Cc2cccnc2)CCN1CS(=O)C[C@@H](CCc1ccccc1)C(=O)N[C@H]1c2ccccc2C[C@H]1O. The highest BCUT2D eigenvalue weighted by Gasteiger charge is 2.35. The highest BCUT2D eigenvalue weighted by molar-refractivity contribution is 7.84. The molecule has 5 rings (SSSR count). The lowest BCUT2D eigenvalue weighted by atomic mass is 9.99. The number of aromatic nitrogens is 1. The highest BCUT2D eigenvalue weighted by atomic mass is 32.2. The Balaban J connectivity index is 1.25. The van der Waals surface area contributed by atoms with E-state index in [1.807, 2.05) is 54.7 Å². The van der Waals surface area contributed by atoms with Gasteiger partial charge < -0.3 is 10.4 Å². The second-order valence-corrected chi connectivity index (χ2v) is 15.1. The van der Waals surface area contributed by atoms with Crippen LogP contribution in [0, 0.1) is 5.92 Å².